The Morgan fingerprint density at radius 3 is 1.93 bits per heavy atom. The molecule has 3 aromatic carbocycles. The van der Waals surface area contributed by atoms with Gasteiger partial charge < -0.3 is 9.47 Å². The number of ketones is 1. The highest BCUT2D eigenvalue weighted by Crippen LogP contribution is 2.17. The minimum Gasteiger partial charge on any atom is -0.497 e. The van der Waals surface area contributed by atoms with Gasteiger partial charge in [-0.25, -0.2) is 4.79 Å². The lowest BCUT2D eigenvalue weighted by Gasteiger charge is -2.06. The van der Waals surface area contributed by atoms with Crippen molar-refractivity contribution in [2.75, 3.05) is 7.11 Å². The maximum atomic E-state index is 12.3. The van der Waals surface area contributed by atoms with Crippen LogP contribution >= 0.6 is 0 Å². The third-order valence-electron chi connectivity index (χ3n) is 4.18. The lowest BCUT2D eigenvalue weighted by molar-refractivity contribution is 0.0734. The predicted octanol–water partition coefficient (Wildman–Crippen LogP) is 5.12. The molecule has 4 heteroatoms. The molecule has 0 bridgehead atoms. The monoisotopic (exact) mass is 372 g/mol. The Kier molecular flexibility index (Phi) is 6.02. The van der Waals surface area contributed by atoms with Gasteiger partial charge in [-0.1, -0.05) is 35.9 Å². The summed E-state index contributed by atoms with van der Waals surface area (Å²) in [5, 5.41) is 0. The Balaban J connectivity index is 1.62. The molecule has 4 nitrogen and oxygen atoms in total. The van der Waals surface area contributed by atoms with E-state index in [0.29, 0.717) is 22.6 Å². The van der Waals surface area contributed by atoms with E-state index in [1.807, 2.05) is 31.2 Å². The number of rotatable bonds is 6. The zero-order chi connectivity index (χ0) is 19.9. The summed E-state index contributed by atoms with van der Waals surface area (Å²) < 4.78 is 10.4. The van der Waals surface area contributed by atoms with Crippen molar-refractivity contribution < 1.29 is 19.1 Å². The van der Waals surface area contributed by atoms with Crippen molar-refractivity contribution in [1.29, 1.82) is 0 Å². The molecule has 0 saturated carbocycles. The molecule has 0 spiro atoms. The molecule has 3 aromatic rings. The van der Waals surface area contributed by atoms with Gasteiger partial charge in [-0.15, -0.1) is 0 Å². The van der Waals surface area contributed by atoms with E-state index in [4.69, 9.17) is 9.47 Å². The lowest BCUT2D eigenvalue weighted by atomic mass is 10.1. The van der Waals surface area contributed by atoms with Crippen LogP contribution in [0.3, 0.4) is 0 Å². The van der Waals surface area contributed by atoms with Crippen LogP contribution in [0.4, 0.5) is 0 Å². The Morgan fingerprint density at radius 1 is 0.750 bits per heavy atom. The fourth-order valence-corrected chi connectivity index (χ4v) is 2.53. The van der Waals surface area contributed by atoms with Gasteiger partial charge in [-0.3, -0.25) is 4.79 Å². The number of methoxy groups -OCH3 is 1. The topological polar surface area (TPSA) is 52.6 Å². The molecular formula is C24H20O4. The summed E-state index contributed by atoms with van der Waals surface area (Å²) in [7, 11) is 1.56. The number of benzene rings is 3. The molecule has 0 N–H and O–H groups in total. The Labute approximate surface area is 164 Å². The normalized spacial score (nSPS) is 10.6. The highest BCUT2D eigenvalue weighted by atomic mass is 16.5. The van der Waals surface area contributed by atoms with Crippen molar-refractivity contribution in [3.63, 3.8) is 0 Å². The van der Waals surface area contributed by atoms with Gasteiger partial charge in [-0.05, 0) is 67.1 Å². The standard InChI is InChI=1S/C24H20O4/c1-17-3-5-18(6-4-17)7-16-23(25)19-8-14-22(15-9-19)28-24(26)20-10-12-21(27-2)13-11-20/h3-16H,1-2H3/b16-7+. The van der Waals surface area contributed by atoms with E-state index in [1.54, 1.807) is 61.7 Å². The molecule has 0 unspecified atom stereocenters. The van der Waals surface area contributed by atoms with Gasteiger partial charge >= 0.3 is 5.97 Å². The molecule has 0 aliphatic carbocycles. The average Bonchev–Trinajstić information content (AvgIpc) is 2.73. The second-order valence-electron chi connectivity index (χ2n) is 6.25. The number of hydrogen-bond donors (Lipinski definition) is 0. The molecule has 0 aromatic heterocycles. The van der Waals surface area contributed by atoms with Gasteiger partial charge in [0.25, 0.3) is 0 Å². The van der Waals surface area contributed by atoms with Crippen molar-refractivity contribution >= 4 is 17.8 Å². The number of ether oxygens (including phenoxy) is 2. The summed E-state index contributed by atoms with van der Waals surface area (Å²) in [4.78, 5) is 24.5. The summed E-state index contributed by atoms with van der Waals surface area (Å²) in [5.74, 6) is 0.451. The smallest absolute Gasteiger partial charge is 0.343 e. The number of carbonyl (C=O) groups is 2. The van der Waals surface area contributed by atoms with Crippen LogP contribution in [0.1, 0.15) is 31.8 Å². The number of carbonyl (C=O) groups excluding carboxylic acids is 2. The summed E-state index contributed by atoms with van der Waals surface area (Å²) in [6.45, 7) is 2.02. The van der Waals surface area contributed by atoms with Gasteiger partial charge in [0.15, 0.2) is 5.78 Å². The first-order valence-corrected chi connectivity index (χ1v) is 8.80. The fourth-order valence-electron chi connectivity index (χ4n) is 2.53. The van der Waals surface area contributed by atoms with Gasteiger partial charge in [0.1, 0.15) is 11.5 Å². The van der Waals surface area contributed by atoms with E-state index in [9.17, 15) is 9.59 Å². The van der Waals surface area contributed by atoms with Crippen LogP contribution in [0.2, 0.25) is 0 Å². The van der Waals surface area contributed by atoms with Crippen LogP contribution in [0.5, 0.6) is 11.5 Å². The molecule has 28 heavy (non-hydrogen) atoms. The van der Waals surface area contributed by atoms with Crippen LogP contribution in [0, 0.1) is 6.92 Å². The SMILES string of the molecule is COc1ccc(C(=O)Oc2ccc(C(=O)/C=C/c3ccc(C)cc3)cc2)cc1. The van der Waals surface area contributed by atoms with Crippen LogP contribution in [0.25, 0.3) is 6.08 Å². The molecule has 0 amide bonds. The van der Waals surface area contributed by atoms with Crippen molar-refractivity contribution in [2.24, 2.45) is 0 Å². The minimum atomic E-state index is -0.471. The first kappa shape index (κ1) is 19.1. The van der Waals surface area contributed by atoms with E-state index >= 15 is 0 Å². The van der Waals surface area contributed by atoms with Crippen molar-refractivity contribution in [3.8, 4) is 11.5 Å². The van der Waals surface area contributed by atoms with E-state index < -0.39 is 5.97 Å². The highest BCUT2D eigenvalue weighted by molar-refractivity contribution is 6.06. The molecule has 0 aliphatic rings. The van der Waals surface area contributed by atoms with E-state index in [-0.39, 0.29) is 5.78 Å². The number of hydrogen-bond acceptors (Lipinski definition) is 4. The van der Waals surface area contributed by atoms with Gasteiger partial charge in [0.05, 0.1) is 12.7 Å². The second kappa shape index (κ2) is 8.82. The van der Waals surface area contributed by atoms with Gasteiger partial charge in [-0.2, -0.15) is 0 Å². The number of esters is 1. The summed E-state index contributed by atoms with van der Waals surface area (Å²) in [5.41, 5.74) is 3.07. The van der Waals surface area contributed by atoms with E-state index in [2.05, 4.69) is 0 Å². The van der Waals surface area contributed by atoms with Gasteiger partial charge in [0.2, 0.25) is 0 Å². The van der Waals surface area contributed by atoms with Gasteiger partial charge in [0, 0.05) is 5.56 Å². The summed E-state index contributed by atoms with van der Waals surface area (Å²) >= 11 is 0. The fraction of sp³-hybridized carbons (Fsp3) is 0.0833. The Bertz CT molecular complexity index is 982. The molecule has 3 rings (SSSR count). The van der Waals surface area contributed by atoms with Crippen LogP contribution < -0.4 is 9.47 Å². The number of allylic oxidation sites excluding steroid dienone is 1. The molecule has 0 aliphatic heterocycles. The quantitative estimate of drug-likeness (QED) is 0.261. The van der Waals surface area contributed by atoms with Crippen molar-refractivity contribution in [3.05, 3.63) is 101 Å². The first-order chi connectivity index (χ1) is 13.5. The third kappa shape index (κ3) is 4.95. The summed E-state index contributed by atoms with van der Waals surface area (Å²) in [6.07, 6.45) is 3.31. The zero-order valence-electron chi connectivity index (χ0n) is 15.7. The predicted molar refractivity (Wildman–Crippen MR) is 109 cm³/mol. The first-order valence-electron chi connectivity index (χ1n) is 8.80. The van der Waals surface area contributed by atoms with E-state index in [1.165, 1.54) is 11.6 Å². The largest absolute Gasteiger partial charge is 0.497 e. The second-order valence-corrected chi connectivity index (χ2v) is 6.25. The maximum absolute atomic E-state index is 12.3. The highest BCUT2D eigenvalue weighted by Gasteiger charge is 2.09. The lowest BCUT2D eigenvalue weighted by Crippen LogP contribution is -2.08. The summed E-state index contributed by atoms with van der Waals surface area (Å²) in [6, 6.07) is 21.1. The maximum Gasteiger partial charge on any atom is 0.343 e. The van der Waals surface area contributed by atoms with Crippen LogP contribution in [-0.4, -0.2) is 18.9 Å². The molecule has 0 fully saturated rings. The molecular weight excluding hydrogens is 352 g/mol. The minimum absolute atomic E-state index is 0.117. The van der Waals surface area contributed by atoms with Crippen LogP contribution in [-0.2, 0) is 0 Å². The Morgan fingerprint density at radius 2 is 1.32 bits per heavy atom. The Hall–Kier alpha value is -3.66. The zero-order valence-corrected chi connectivity index (χ0v) is 15.7. The molecule has 0 saturated heterocycles. The van der Waals surface area contributed by atoms with Crippen molar-refractivity contribution in [2.45, 2.75) is 6.92 Å². The van der Waals surface area contributed by atoms with Crippen molar-refractivity contribution in [1.82, 2.24) is 0 Å². The molecule has 140 valence electrons. The molecule has 0 atom stereocenters. The van der Waals surface area contributed by atoms with Crippen LogP contribution in [0.15, 0.2) is 78.9 Å². The molecule has 0 radical (unpaired) electrons. The average molecular weight is 372 g/mol. The van der Waals surface area contributed by atoms with E-state index in [0.717, 1.165) is 5.56 Å². The third-order valence-corrected chi connectivity index (χ3v) is 4.18. The molecule has 0 heterocycles. The number of aryl methyl sites for hydroxylation is 1.